The Balaban J connectivity index is 2.45. The van der Waals surface area contributed by atoms with Crippen molar-refractivity contribution in [2.24, 2.45) is 0 Å². The minimum atomic E-state index is -1.33. The number of rotatable bonds is 3. The van der Waals surface area contributed by atoms with Crippen LogP contribution in [0.4, 0.5) is 5.69 Å². The van der Waals surface area contributed by atoms with E-state index in [1.165, 1.54) is 6.92 Å². The van der Waals surface area contributed by atoms with Crippen LogP contribution in [0, 0.1) is 0 Å². The van der Waals surface area contributed by atoms with Crippen LogP contribution in [-0.4, -0.2) is 28.7 Å². The number of carbonyl (C=O) groups excluding carboxylic acids is 1. The van der Waals surface area contributed by atoms with Gasteiger partial charge >= 0.3 is 5.97 Å². The Morgan fingerprint density at radius 2 is 2.24 bits per heavy atom. The van der Waals surface area contributed by atoms with Crippen LogP contribution >= 0.6 is 0 Å². The topological polar surface area (TPSA) is 86.6 Å². The molecule has 0 spiro atoms. The van der Waals surface area contributed by atoms with Gasteiger partial charge in [-0.15, -0.1) is 0 Å². The molecular formula is C12H13NO4. The van der Waals surface area contributed by atoms with Crippen LogP contribution in [-0.2, 0) is 21.4 Å². The number of aliphatic carboxylic acids is 1. The maximum absolute atomic E-state index is 11.2. The molecule has 17 heavy (non-hydrogen) atoms. The molecule has 1 aliphatic heterocycles. The van der Waals surface area contributed by atoms with E-state index in [4.69, 9.17) is 5.11 Å². The Kier molecular flexibility index (Phi) is 2.63. The lowest BCUT2D eigenvalue weighted by Crippen LogP contribution is -2.36. The molecule has 0 saturated carbocycles. The number of anilines is 1. The molecule has 1 aromatic carbocycles. The Morgan fingerprint density at radius 3 is 2.82 bits per heavy atom. The number of carboxylic acids is 1. The zero-order valence-electron chi connectivity index (χ0n) is 9.36. The van der Waals surface area contributed by atoms with Crippen molar-refractivity contribution in [3.05, 3.63) is 29.3 Å². The Labute approximate surface area is 98.1 Å². The standard InChI is InChI=1S/C12H13NO4/c1-12(6-14,11(16)17)8-2-3-9-7(4-8)5-10(15)13-9/h2-4,14H,5-6H2,1H3,(H,13,15)(H,16,17). The number of aliphatic hydroxyl groups excluding tert-OH is 1. The number of carboxylic acid groups (broad SMARTS) is 1. The molecule has 5 heteroatoms. The lowest BCUT2D eigenvalue weighted by Gasteiger charge is -2.23. The highest BCUT2D eigenvalue weighted by Gasteiger charge is 2.35. The fourth-order valence-corrected chi connectivity index (χ4v) is 1.85. The van der Waals surface area contributed by atoms with Gasteiger partial charge in [0.05, 0.1) is 13.0 Å². The van der Waals surface area contributed by atoms with Gasteiger partial charge in [0.2, 0.25) is 5.91 Å². The van der Waals surface area contributed by atoms with Crippen LogP contribution in [0.25, 0.3) is 0 Å². The molecule has 90 valence electrons. The molecule has 0 aromatic heterocycles. The summed E-state index contributed by atoms with van der Waals surface area (Å²) >= 11 is 0. The van der Waals surface area contributed by atoms with Crippen molar-refractivity contribution in [2.45, 2.75) is 18.8 Å². The third-order valence-corrected chi connectivity index (χ3v) is 3.16. The van der Waals surface area contributed by atoms with E-state index in [1.807, 2.05) is 0 Å². The van der Waals surface area contributed by atoms with Crippen molar-refractivity contribution < 1.29 is 19.8 Å². The first-order valence-electron chi connectivity index (χ1n) is 5.25. The lowest BCUT2D eigenvalue weighted by molar-refractivity contribution is -0.144. The summed E-state index contributed by atoms with van der Waals surface area (Å²) in [4.78, 5) is 22.4. The second-order valence-corrected chi connectivity index (χ2v) is 4.39. The van der Waals surface area contributed by atoms with Crippen molar-refractivity contribution >= 4 is 17.6 Å². The summed E-state index contributed by atoms with van der Waals surface area (Å²) in [6.07, 6.45) is 0.254. The van der Waals surface area contributed by atoms with Crippen LogP contribution in [0.2, 0.25) is 0 Å². The normalized spacial score (nSPS) is 17.2. The summed E-state index contributed by atoms with van der Waals surface area (Å²) in [5.41, 5.74) is 0.654. The van der Waals surface area contributed by atoms with Crippen LogP contribution in [0.15, 0.2) is 18.2 Å². The summed E-state index contributed by atoms with van der Waals surface area (Å²) in [6.45, 7) is 0.976. The van der Waals surface area contributed by atoms with Crippen LogP contribution in [0.3, 0.4) is 0 Å². The van der Waals surface area contributed by atoms with Gasteiger partial charge in [0.15, 0.2) is 0 Å². The molecule has 2 rings (SSSR count). The maximum atomic E-state index is 11.2. The Morgan fingerprint density at radius 1 is 1.53 bits per heavy atom. The molecule has 1 heterocycles. The molecule has 1 aromatic rings. The van der Waals surface area contributed by atoms with Gasteiger partial charge in [0.1, 0.15) is 5.41 Å². The summed E-state index contributed by atoms with van der Waals surface area (Å²) in [5.74, 6) is -1.18. The second-order valence-electron chi connectivity index (χ2n) is 4.39. The molecule has 0 radical (unpaired) electrons. The molecule has 1 unspecified atom stereocenters. The highest BCUT2D eigenvalue weighted by molar-refractivity contribution is 5.99. The predicted octanol–water partition coefficient (Wildman–Crippen LogP) is 0.516. The number of hydrogen-bond donors (Lipinski definition) is 3. The lowest BCUT2D eigenvalue weighted by atomic mass is 9.82. The van der Waals surface area contributed by atoms with E-state index in [2.05, 4.69) is 5.32 Å². The van der Waals surface area contributed by atoms with E-state index in [1.54, 1.807) is 18.2 Å². The first-order valence-corrected chi connectivity index (χ1v) is 5.25. The van der Waals surface area contributed by atoms with Gasteiger partial charge < -0.3 is 15.5 Å². The molecule has 1 amide bonds. The first kappa shape index (κ1) is 11.6. The fourth-order valence-electron chi connectivity index (χ4n) is 1.85. The van der Waals surface area contributed by atoms with Gasteiger partial charge in [-0.25, -0.2) is 0 Å². The van der Waals surface area contributed by atoms with Crippen LogP contribution in [0.1, 0.15) is 18.1 Å². The van der Waals surface area contributed by atoms with E-state index in [-0.39, 0.29) is 12.3 Å². The maximum Gasteiger partial charge on any atom is 0.316 e. The van der Waals surface area contributed by atoms with Crippen molar-refractivity contribution in [3.8, 4) is 0 Å². The molecular weight excluding hydrogens is 222 g/mol. The second kappa shape index (κ2) is 3.85. The Bertz CT molecular complexity index is 497. The summed E-state index contributed by atoms with van der Waals surface area (Å²) < 4.78 is 0. The number of hydrogen-bond acceptors (Lipinski definition) is 3. The van der Waals surface area contributed by atoms with E-state index in [0.717, 1.165) is 5.56 Å². The number of carbonyl (C=O) groups is 2. The van der Waals surface area contributed by atoms with Crippen LogP contribution in [0.5, 0.6) is 0 Å². The van der Waals surface area contributed by atoms with Gasteiger partial charge in [-0.05, 0) is 24.1 Å². The number of benzene rings is 1. The molecule has 0 bridgehead atoms. The van der Waals surface area contributed by atoms with Gasteiger partial charge in [0, 0.05) is 5.69 Å². The average molecular weight is 235 g/mol. The number of fused-ring (bicyclic) bond motifs is 1. The van der Waals surface area contributed by atoms with Crippen molar-refractivity contribution in [1.29, 1.82) is 0 Å². The quantitative estimate of drug-likeness (QED) is 0.712. The molecule has 3 N–H and O–H groups in total. The van der Waals surface area contributed by atoms with Gasteiger partial charge in [-0.3, -0.25) is 9.59 Å². The third-order valence-electron chi connectivity index (χ3n) is 3.16. The van der Waals surface area contributed by atoms with Gasteiger partial charge in [-0.2, -0.15) is 0 Å². The summed E-state index contributed by atoms with van der Waals surface area (Å²) in [5, 5.41) is 21.1. The monoisotopic (exact) mass is 235 g/mol. The average Bonchev–Trinajstić information content (AvgIpc) is 2.66. The van der Waals surface area contributed by atoms with E-state index in [0.29, 0.717) is 11.3 Å². The number of nitrogens with one attached hydrogen (secondary N) is 1. The zero-order chi connectivity index (χ0) is 12.6. The minimum Gasteiger partial charge on any atom is -0.481 e. The Hall–Kier alpha value is -1.88. The van der Waals surface area contributed by atoms with Crippen molar-refractivity contribution in [1.82, 2.24) is 0 Å². The van der Waals surface area contributed by atoms with Crippen molar-refractivity contribution in [3.63, 3.8) is 0 Å². The molecule has 0 fully saturated rings. The minimum absolute atomic E-state index is 0.0989. The van der Waals surface area contributed by atoms with E-state index >= 15 is 0 Å². The van der Waals surface area contributed by atoms with E-state index < -0.39 is 18.0 Å². The van der Waals surface area contributed by atoms with Gasteiger partial charge in [0.25, 0.3) is 0 Å². The highest BCUT2D eigenvalue weighted by atomic mass is 16.4. The largest absolute Gasteiger partial charge is 0.481 e. The van der Waals surface area contributed by atoms with Crippen molar-refractivity contribution in [2.75, 3.05) is 11.9 Å². The zero-order valence-corrected chi connectivity index (χ0v) is 9.36. The number of amides is 1. The summed E-state index contributed by atoms with van der Waals surface area (Å²) in [6, 6.07) is 4.96. The van der Waals surface area contributed by atoms with E-state index in [9.17, 15) is 14.7 Å². The number of aliphatic hydroxyl groups is 1. The summed E-state index contributed by atoms with van der Waals surface area (Å²) in [7, 11) is 0. The molecule has 5 nitrogen and oxygen atoms in total. The van der Waals surface area contributed by atoms with Gasteiger partial charge in [-0.1, -0.05) is 12.1 Å². The molecule has 0 aliphatic carbocycles. The molecule has 0 saturated heterocycles. The van der Waals surface area contributed by atoms with Crippen LogP contribution < -0.4 is 5.32 Å². The highest BCUT2D eigenvalue weighted by Crippen LogP contribution is 2.30. The predicted molar refractivity (Wildman–Crippen MR) is 60.8 cm³/mol. The molecule has 1 aliphatic rings. The smallest absolute Gasteiger partial charge is 0.316 e. The fraction of sp³-hybridized carbons (Fsp3) is 0.333. The first-order chi connectivity index (χ1) is 7.97. The molecule has 1 atom stereocenters. The third kappa shape index (κ3) is 1.78. The SMILES string of the molecule is CC(CO)(C(=O)O)c1ccc2c(c1)CC(=O)N2.